The Morgan fingerprint density at radius 2 is 1.69 bits per heavy atom. The minimum Gasteiger partial charge on any atom is -0.457 e. The number of hydrogen-bond acceptors (Lipinski definition) is 5. The van der Waals surface area contributed by atoms with E-state index in [2.05, 4.69) is 27.0 Å². The Morgan fingerprint density at radius 3 is 2.41 bits per heavy atom. The zero-order valence-corrected chi connectivity index (χ0v) is 16.4. The first kappa shape index (κ1) is 19.1. The lowest BCUT2D eigenvalue weighted by Crippen LogP contribution is -2.40. The quantitative estimate of drug-likeness (QED) is 0.593. The van der Waals surface area contributed by atoms with E-state index < -0.39 is 0 Å². The molecule has 1 aliphatic heterocycles. The van der Waals surface area contributed by atoms with Crippen molar-refractivity contribution in [2.24, 2.45) is 5.92 Å². The van der Waals surface area contributed by atoms with Crippen LogP contribution in [0.1, 0.15) is 30.1 Å². The zero-order valence-electron chi connectivity index (χ0n) is 16.4. The van der Waals surface area contributed by atoms with Crippen molar-refractivity contribution in [1.29, 1.82) is 0 Å². The van der Waals surface area contributed by atoms with E-state index in [9.17, 15) is 4.79 Å². The second kappa shape index (κ2) is 9.32. The van der Waals surface area contributed by atoms with Crippen molar-refractivity contribution in [2.45, 2.75) is 25.4 Å². The highest BCUT2D eigenvalue weighted by molar-refractivity contribution is 5.74. The van der Waals surface area contributed by atoms with Gasteiger partial charge in [-0.2, -0.15) is 0 Å². The van der Waals surface area contributed by atoms with E-state index in [0.29, 0.717) is 18.9 Å². The van der Waals surface area contributed by atoms with E-state index in [4.69, 9.17) is 4.74 Å². The van der Waals surface area contributed by atoms with Gasteiger partial charge in [0.2, 0.25) is 5.95 Å². The average Bonchev–Trinajstić information content (AvgIpc) is 2.80. The largest absolute Gasteiger partial charge is 0.457 e. The molecule has 1 saturated heterocycles. The van der Waals surface area contributed by atoms with Gasteiger partial charge in [0.15, 0.2) is 0 Å². The first-order chi connectivity index (χ1) is 14.3. The maximum atomic E-state index is 13.1. The van der Waals surface area contributed by atoms with Crippen LogP contribution < -0.4 is 4.90 Å². The summed E-state index contributed by atoms with van der Waals surface area (Å²) >= 11 is 0. The first-order valence-corrected chi connectivity index (χ1v) is 10.1. The standard InChI is InChI=1S/C24H25N3O2/c28-23(21-13-7-16-27(18-21)24-25-14-8-15-26-24)29-22(20-11-5-2-6-12-20)17-19-9-3-1-4-10-19/h1-6,8-12,14-15,21-22H,7,13,16-18H2. The van der Waals surface area contributed by atoms with Gasteiger partial charge in [0.25, 0.3) is 0 Å². The van der Waals surface area contributed by atoms with Crippen molar-refractivity contribution in [3.05, 3.63) is 90.3 Å². The van der Waals surface area contributed by atoms with Gasteiger partial charge in [-0.25, -0.2) is 9.97 Å². The van der Waals surface area contributed by atoms with Crippen LogP contribution in [-0.2, 0) is 16.0 Å². The Balaban J connectivity index is 1.47. The van der Waals surface area contributed by atoms with Gasteiger partial charge in [0, 0.05) is 31.9 Å². The third-order valence-corrected chi connectivity index (χ3v) is 5.28. The third-order valence-electron chi connectivity index (χ3n) is 5.28. The summed E-state index contributed by atoms with van der Waals surface area (Å²) in [7, 11) is 0. The van der Waals surface area contributed by atoms with E-state index in [0.717, 1.165) is 30.5 Å². The number of anilines is 1. The van der Waals surface area contributed by atoms with E-state index in [1.165, 1.54) is 0 Å². The van der Waals surface area contributed by atoms with Gasteiger partial charge >= 0.3 is 5.97 Å². The molecule has 2 atom stereocenters. The summed E-state index contributed by atoms with van der Waals surface area (Å²) in [4.78, 5) is 23.8. The van der Waals surface area contributed by atoms with Gasteiger partial charge < -0.3 is 9.64 Å². The SMILES string of the molecule is O=C(OC(Cc1ccccc1)c1ccccc1)C1CCCN(c2ncccn2)C1. The molecule has 2 heterocycles. The predicted octanol–water partition coefficient (Wildman–Crippen LogP) is 4.22. The number of hydrogen-bond donors (Lipinski definition) is 0. The molecular weight excluding hydrogens is 362 g/mol. The molecule has 0 radical (unpaired) electrons. The molecule has 1 aliphatic rings. The minimum absolute atomic E-state index is 0.143. The van der Waals surface area contributed by atoms with Crippen LogP contribution >= 0.6 is 0 Å². The summed E-state index contributed by atoms with van der Waals surface area (Å²) in [6.07, 6.45) is 5.58. The second-order valence-corrected chi connectivity index (χ2v) is 7.36. The maximum absolute atomic E-state index is 13.1. The smallest absolute Gasteiger partial charge is 0.311 e. The average molecular weight is 387 g/mol. The van der Waals surface area contributed by atoms with Gasteiger partial charge in [-0.1, -0.05) is 60.7 Å². The molecule has 0 aliphatic carbocycles. The normalized spacial score (nSPS) is 17.5. The molecule has 0 saturated carbocycles. The van der Waals surface area contributed by atoms with Gasteiger partial charge in [0.1, 0.15) is 6.10 Å². The van der Waals surface area contributed by atoms with Crippen molar-refractivity contribution in [2.75, 3.05) is 18.0 Å². The molecule has 1 fully saturated rings. The van der Waals surface area contributed by atoms with Crippen molar-refractivity contribution in [3.63, 3.8) is 0 Å². The van der Waals surface area contributed by atoms with Crippen molar-refractivity contribution in [3.8, 4) is 0 Å². The molecule has 1 aromatic heterocycles. The fourth-order valence-electron chi connectivity index (χ4n) is 3.77. The molecule has 0 bridgehead atoms. The van der Waals surface area contributed by atoms with Crippen LogP contribution in [0.3, 0.4) is 0 Å². The van der Waals surface area contributed by atoms with Crippen LogP contribution in [0.2, 0.25) is 0 Å². The summed E-state index contributed by atoms with van der Waals surface area (Å²) in [5.41, 5.74) is 2.17. The van der Waals surface area contributed by atoms with Crippen LogP contribution in [0.5, 0.6) is 0 Å². The number of carbonyl (C=O) groups is 1. The number of carbonyl (C=O) groups excluding carboxylic acids is 1. The fraction of sp³-hybridized carbons (Fsp3) is 0.292. The summed E-state index contributed by atoms with van der Waals surface area (Å²) in [6, 6.07) is 21.9. The number of aromatic nitrogens is 2. The van der Waals surface area contributed by atoms with Crippen LogP contribution in [0.4, 0.5) is 5.95 Å². The first-order valence-electron chi connectivity index (χ1n) is 10.1. The number of rotatable bonds is 6. The van der Waals surface area contributed by atoms with E-state index >= 15 is 0 Å². The summed E-state index contributed by atoms with van der Waals surface area (Å²) in [5.74, 6) is 0.360. The Bertz CT molecular complexity index is 903. The van der Waals surface area contributed by atoms with Crippen LogP contribution in [0, 0.1) is 5.92 Å². The highest BCUT2D eigenvalue weighted by Crippen LogP contribution is 2.27. The van der Waals surface area contributed by atoms with Crippen molar-refractivity contribution < 1.29 is 9.53 Å². The molecule has 0 spiro atoms. The Labute approximate surface area is 171 Å². The van der Waals surface area contributed by atoms with E-state index in [1.54, 1.807) is 18.5 Å². The van der Waals surface area contributed by atoms with Gasteiger partial charge in [0.05, 0.1) is 5.92 Å². The Hall–Kier alpha value is -3.21. The lowest BCUT2D eigenvalue weighted by Gasteiger charge is -2.32. The molecule has 3 aromatic rings. The Morgan fingerprint density at radius 1 is 1.00 bits per heavy atom. The summed E-state index contributed by atoms with van der Waals surface area (Å²) in [5, 5.41) is 0. The second-order valence-electron chi connectivity index (χ2n) is 7.36. The molecule has 4 rings (SSSR count). The number of benzene rings is 2. The van der Waals surface area contributed by atoms with E-state index in [1.807, 2.05) is 48.5 Å². The molecule has 5 nitrogen and oxygen atoms in total. The molecule has 2 unspecified atom stereocenters. The lowest BCUT2D eigenvalue weighted by atomic mass is 9.97. The molecule has 2 aromatic carbocycles. The molecule has 5 heteroatoms. The highest BCUT2D eigenvalue weighted by Gasteiger charge is 2.30. The summed E-state index contributed by atoms with van der Waals surface area (Å²) < 4.78 is 6.06. The van der Waals surface area contributed by atoms with E-state index in [-0.39, 0.29) is 18.0 Å². The van der Waals surface area contributed by atoms with Crippen molar-refractivity contribution >= 4 is 11.9 Å². The third kappa shape index (κ3) is 4.99. The van der Waals surface area contributed by atoms with Gasteiger partial charge in [-0.15, -0.1) is 0 Å². The number of piperidine rings is 1. The van der Waals surface area contributed by atoms with Crippen LogP contribution in [-0.4, -0.2) is 29.0 Å². The maximum Gasteiger partial charge on any atom is 0.311 e. The molecule has 0 amide bonds. The molecule has 29 heavy (non-hydrogen) atoms. The van der Waals surface area contributed by atoms with Crippen LogP contribution in [0.15, 0.2) is 79.1 Å². The van der Waals surface area contributed by atoms with Crippen LogP contribution in [0.25, 0.3) is 0 Å². The predicted molar refractivity (Wildman–Crippen MR) is 112 cm³/mol. The van der Waals surface area contributed by atoms with Gasteiger partial charge in [-0.05, 0) is 30.0 Å². The molecular formula is C24H25N3O2. The number of nitrogens with zero attached hydrogens (tertiary/aromatic N) is 3. The number of ether oxygens (including phenoxy) is 1. The highest BCUT2D eigenvalue weighted by atomic mass is 16.5. The Kier molecular flexibility index (Phi) is 6.15. The zero-order chi connectivity index (χ0) is 19.9. The van der Waals surface area contributed by atoms with Crippen molar-refractivity contribution in [1.82, 2.24) is 9.97 Å². The summed E-state index contributed by atoms with van der Waals surface area (Å²) in [6.45, 7) is 1.45. The molecule has 0 N–H and O–H groups in total. The molecule has 148 valence electrons. The fourth-order valence-corrected chi connectivity index (χ4v) is 3.77. The topological polar surface area (TPSA) is 55.3 Å². The lowest BCUT2D eigenvalue weighted by molar-refractivity contribution is -0.154. The minimum atomic E-state index is -0.297. The van der Waals surface area contributed by atoms with Gasteiger partial charge in [-0.3, -0.25) is 4.79 Å². The number of esters is 1. The monoisotopic (exact) mass is 387 g/mol.